The lowest BCUT2D eigenvalue weighted by molar-refractivity contribution is 0.314. The summed E-state index contributed by atoms with van der Waals surface area (Å²) in [5.74, 6) is -0.115. The van der Waals surface area contributed by atoms with Crippen LogP contribution in [0.2, 0.25) is 0 Å². The second-order valence-corrected chi connectivity index (χ2v) is 4.06. The summed E-state index contributed by atoms with van der Waals surface area (Å²) in [7, 11) is 0. The van der Waals surface area contributed by atoms with E-state index in [4.69, 9.17) is 0 Å². The molecule has 0 aromatic carbocycles. The highest BCUT2D eigenvalue weighted by molar-refractivity contribution is 7.80. The quantitative estimate of drug-likeness (QED) is 0.530. The van der Waals surface area contributed by atoms with Crippen molar-refractivity contribution in [1.29, 1.82) is 0 Å². The Hall–Kier alpha value is -0.840. The van der Waals surface area contributed by atoms with Crippen LogP contribution in [-0.2, 0) is 5.54 Å². The van der Waals surface area contributed by atoms with Crippen molar-refractivity contribution in [3.8, 4) is 5.88 Å². The number of nitrogens with one attached hydrogen (secondary N) is 1. The summed E-state index contributed by atoms with van der Waals surface area (Å²) in [5, 5.41) is 9.61. The molecule has 1 rings (SSSR count). The standard InChI is InChI=1S/C7H12N2O2S/c1-7(2,3)9-5(10)4(12)8-6(9)11/h10,12H,1-3H3,(H,8,11). The molecule has 2 N–H and O–H groups in total. The zero-order chi connectivity index (χ0) is 9.52. The SMILES string of the molecule is CC(C)(C)n1c(O)c(S)[nH]c1=O. The zero-order valence-electron chi connectivity index (χ0n) is 7.25. The van der Waals surface area contributed by atoms with E-state index in [1.165, 1.54) is 4.57 Å². The minimum absolute atomic E-state index is 0.115. The molecule has 0 fully saturated rings. The molecule has 4 nitrogen and oxygen atoms in total. The average Bonchev–Trinajstić information content (AvgIpc) is 2.05. The van der Waals surface area contributed by atoms with Crippen LogP contribution < -0.4 is 5.69 Å². The van der Waals surface area contributed by atoms with Crippen LogP contribution in [0.5, 0.6) is 5.88 Å². The Bertz CT molecular complexity index is 345. The van der Waals surface area contributed by atoms with E-state index in [-0.39, 0.29) is 16.6 Å². The first-order chi connectivity index (χ1) is 5.34. The topological polar surface area (TPSA) is 58.0 Å². The lowest BCUT2D eigenvalue weighted by Crippen LogP contribution is -2.31. The average molecular weight is 188 g/mol. The second kappa shape index (κ2) is 2.58. The third-order valence-electron chi connectivity index (χ3n) is 1.52. The molecular weight excluding hydrogens is 176 g/mol. The van der Waals surface area contributed by atoms with Crippen molar-refractivity contribution < 1.29 is 5.11 Å². The molecule has 5 heteroatoms. The van der Waals surface area contributed by atoms with E-state index in [0.717, 1.165) is 0 Å². The number of H-pyrrole nitrogens is 1. The molecule has 0 aliphatic rings. The number of thiol groups is 1. The van der Waals surface area contributed by atoms with Crippen LogP contribution in [0.3, 0.4) is 0 Å². The highest BCUT2D eigenvalue weighted by Gasteiger charge is 2.21. The molecule has 0 unspecified atom stereocenters. The van der Waals surface area contributed by atoms with Crippen molar-refractivity contribution in [3.05, 3.63) is 10.5 Å². The molecular formula is C7H12N2O2S. The first kappa shape index (κ1) is 9.25. The molecule has 1 heterocycles. The molecule has 0 radical (unpaired) electrons. The van der Waals surface area contributed by atoms with Gasteiger partial charge in [0.05, 0.1) is 0 Å². The number of aromatic hydroxyl groups is 1. The molecule has 12 heavy (non-hydrogen) atoms. The summed E-state index contributed by atoms with van der Waals surface area (Å²) in [6.45, 7) is 5.49. The molecule has 0 aliphatic heterocycles. The Morgan fingerprint density at radius 2 is 2.00 bits per heavy atom. The first-order valence-corrected chi connectivity index (χ1v) is 4.02. The van der Waals surface area contributed by atoms with Gasteiger partial charge >= 0.3 is 5.69 Å². The summed E-state index contributed by atoms with van der Waals surface area (Å²) < 4.78 is 1.26. The highest BCUT2D eigenvalue weighted by Crippen LogP contribution is 2.23. The van der Waals surface area contributed by atoms with Crippen molar-refractivity contribution in [3.63, 3.8) is 0 Å². The number of hydrogen-bond acceptors (Lipinski definition) is 3. The minimum Gasteiger partial charge on any atom is -0.492 e. The third kappa shape index (κ3) is 1.36. The van der Waals surface area contributed by atoms with E-state index < -0.39 is 5.54 Å². The van der Waals surface area contributed by atoms with E-state index in [1.807, 2.05) is 20.8 Å². The number of aromatic nitrogens is 2. The molecule has 0 saturated heterocycles. The van der Waals surface area contributed by atoms with Gasteiger partial charge in [0.15, 0.2) is 0 Å². The fourth-order valence-electron chi connectivity index (χ4n) is 1.04. The maximum absolute atomic E-state index is 11.2. The van der Waals surface area contributed by atoms with Crippen LogP contribution >= 0.6 is 12.6 Å². The van der Waals surface area contributed by atoms with Crippen molar-refractivity contribution in [1.82, 2.24) is 9.55 Å². The number of aromatic amines is 1. The largest absolute Gasteiger partial charge is 0.492 e. The van der Waals surface area contributed by atoms with Gasteiger partial charge < -0.3 is 5.11 Å². The predicted octanol–water partition coefficient (Wildman–Crippen LogP) is 0.926. The van der Waals surface area contributed by atoms with Gasteiger partial charge in [0, 0.05) is 5.54 Å². The first-order valence-electron chi connectivity index (χ1n) is 3.57. The van der Waals surface area contributed by atoms with Crippen LogP contribution in [0.4, 0.5) is 0 Å². The fourth-order valence-corrected chi connectivity index (χ4v) is 1.23. The number of nitrogens with zero attached hydrogens (tertiary/aromatic N) is 1. The molecule has 0 saturated carbocycles. The van der Waals surface area contributed by atoms with Crippen LogP contribution in [0.1, 0.15) is 20.8 Å². The third-order valence-corrected chi connectivity index (χ3v) is 1.83. The smallest absolute Gasteiger partial charge is 0.329 e. The second-order valence-electron chi connectivity index (χ2n) is 3.61. The lowest BCUT2D eigenvalue weighted by Gasteiger charge is -2.19. The summed E-state index contributed by atoms with van der Waals surface area (Å²) in [4.78, 5) is 13.6. The summed E-state index contributed by atoms with van der Waals surface area (Å²) in [5.41, 5.74) is -0.774. The minimum atomic E-state index is -0.432. The molecule has 1 aromatic heterocycles. The van der Waals surface area contributed by atoms with Crippen LogP contribution in [0.25, 0.3) is 0 Å². The molecule has 0 spiro atoms. The van der Waals surface area contributed by atoms with Gasteiger partial charge in [-0.1, -0.05) is 0 Å². The Morgan fingerprint density at radius 3 is 2.17 bits per heavy atom. The lowest BCUT2D eigenvalue weighted by atomic mass is 10.1. The normalized spacial score (nSPS) is 12.0. The number of hydrogen-bond donors (Lipinski definition) is 3. The van der Waals surface area contributed by atoms with Gasteiger partial charge in [0.1, 0.15) is 5.03 Å². The molecule has 68 valence electrons. The van der Waals surface area contributed by atoms with Gasteiger partial charge in [0.2, 0.25) is 5.88 Å². The number of imidazole rings is 1. The van der Waals surface area contributed by atoms with E-state index in [1.54, 1.807) is 0 Å². The van der Waals surface area contributed by atoms with Gasteiger partial charge in [0.25, 0.3) is 0 Å². The van der Waals surface area contributed by atoms with Gasteiger partial charge in [-0.15, -0.1) is 12.6 Å². The summed E-state index contributed by atoms with van der Waals surface area (Å²) in [6.07, 6.45) is 0. The Morgan fingerprint density at radius 1 is 1.50 bits per heavy atom. The molecule has 0 atom stereocenters. The summed E-state index contributed by atoms with van der Waals surface area (Å²) >= 11 is 3.89. The molecule has 0 aliphatic carbocycles. The van der Waals surface area contributed by atoms with Gasteiger partial charge in [-0.3, -0.25) is 9.55 Å². The Kier molecular flexibility index (Phi) is 1.99. The number of rotatable bonds is 0. The Labute approximate surface area is 75.6 Å². The monoisotopic (exact) mass is 188 g/mol. The maximum atomic E-state index is 11.2. The molecule has 0 bridgehead atoms. The van der Waals surface area contributed by atoms with E-state index in [2.05, 4.69) is 17.6 Å². The highest BCUT2D eigenvalue weighted by atomic mass is 32.1. The molecule has 1 aromatic rings. The fraction of sp³-hybridized carbons (Fsp3) is 0.571. The zero-order valence-corrected chi connectivity index (χ0v) is 8.14. The van der Waals surface area contributed by atoms with E-state index >= 15 is 0 Å². The van der Waals surface area contributed by atoms with Crippen LogP contribution in [-0.4, -0.2) is 14.7 Å². The van der Waals surface area contributed by atoms with Crippen molar-refractivity contribution in [2.75, 3.05) is 0 Å². The maximum Gasteiger partial charge on any atom is 0.329 e. The van der Waals surface area contributed by atoms with Crippen LogP contribution in [0, 0.1) is 0 Å². The van der Waals surface area contributed by atoms with E-state index in [9.17, 15) is 9.90 Å². The van der Waals surface area contributed by atoms with Gasteiger partial charge in [-0.05, 0) is 20.8 Å². The predicted molar refractivity (Wildman–Crippen MR) is 49.0 cm³/mol. The van der Waals surface area contributed by atoms with Crippen molar-refractivity contribution in [2.45, 2.75) is 31.3 Å². The molecule has 0 amide bonds. The Balaban J connectivity index is 3.43. The van der Waals surface area contributed by atoms with Crippen LogP contribution in [0.15, 0.2) is 9.82 Å². The van der Waals surface area contributed by atoms with Crippen molar-refractivity contribution in [2.24, 2.45) is 0 Å². The van der Waals surface area contributed by atoms with Gasteiger partial charge in [-0.2, -0.15) is 0 Å². The van der Waals surface area contributed by atoms with Crippen molar-refractivity contribution >= 4 is 12.6 Å². The summed E-state index contributed by atoms with van der Waals surface area (Å²) in [6, 6.07) is 0. The van der Waals surface area contributed by atoms with E-state index in [0.29, 0.717) is 0 Å². The van der Waals surface area contributed by atoms with Gasteiger partial charge in [-0.25, -0.2) is 4.79 Å².